The summed E-state index contributed by atoms with van der Waals surface area (Å²) in [6, 6.07) is 14.0. The third-order valence-electron chi connectivity index (χ3n) is 3.78. The van der Waals surface area contributed by atoms with Crippen LogP contribution < -0.4 is 15.6 Å². The van der Waals surface area contributed by atoms with Gasteiger partial charge in [0.15, 0.2) is 0 Å². The molecule has 0 saturated heterocycles. The van der Waals surface area contributed by atoms with E-state index in [0.29, 0.717) is 12.2 Å². The summed E-state index contributed by atoms with van der Waals surface area (Å²) in [6.45, 7) is 0.218. The maximum Gasteiger partial charge on any atom is 0.267 e. The molecular weight excluding hydrogens is 332 g/mol. The summed E-state index contributed by atoms with van der Waals surface area (Å²) in [5.41, 5.74) is 2.04. The Morgan fingerprint density at radius 3 is 2.50 bits per heavy atom. The third-order valence-corrected chi connectivity index (χ3v) is 3.78. The predicted molar refractivity (Wildman–Crippen MR) is 96.6 cm³/mol. The monoisotopic (exact) mass is 350 g/mol. The van der Waals surface area contributed by atoms with Crippen LogP contribution in [0.3, 0.4) is 0 Å². The molecule has 2 heterocycles. The van der Waals surface area contributed by atoms with Crippen LogP contribution in [0.25, 0.3) is 11.3 Å². The van der Waals surface area contributed by atoms with E-state index in [4.69, 9.17) is 4.74 Å². The Morgan fingerprint density at radius 2 is 1.81 bits per heavy atom. The van der Waals surface area contributed by atoms with Gasteiger partial charge in [-0.1, -0.05) is 12.1 Å². The van der Waals surface area contributed by atoms with Crippen LogP contribution >= 0.6 is 0 Å². The first-order valence-corrected chi connectivity index (χ1v) is 8.04. The largest absolute Gasteiger partial charge is 0.497 e. The van der Waals surface area contributed by atoms with Crippen molar-refractivity contribution >= 4 is 5.91 Å². The van der Waals surface area contributed by atoms with Crippen molar-refractivity contribution in [1.29, 1.82) is 0 Å². The number of ether oxygens (including phenoxy) is 1. The summed E-state index contributed by atoms with van der Waals surface area (Å²) >= 11 is 0. The quantitative estimate of drug-likeness (QED) is 0.730. The van der Waals surface area contributed by atoms with Gasteiger partial charge in [0.05, 0.1) is 12.8 Å². The predicted octanol–water partition coefficient (Wildman–Crippen LogP) is 1.63. The second kappa shape index (κ2) is 8.06. The van der Waals surface area contributed by atoms with Crippen LogP contribution in [0.4, 0.5) is 0 Å². The van der Waals surface area contributed by atoms with Crippen molar-refractivity contribution in [2.24, 2.45) is 0 Å². The molecule has 2 aromatic heterocycles. The third kappa shape index (κ3) is 4.32. The van der Waals surface area contributed by atoms with Crippen LogP contribution in [0.15, 0.2) is 65.7 Å². The molecule has 0 radical (unpaired) electrons. The molecule has 7 nitrogen and oxygen atoms in total. The van der Waals surface area contributed by atoms with Crippen molar-refractivity contribution < 1.29 is 9.53 Å². The van der Waals surface area contributed by atoms with Gasteiger partial charge in [-0.3, -0.25) is 14.6 Å². The van der Waals surface area contributed by atoms with E-state index in [2.05, 4.69) is 15.4 Å². The highest BCUT2D eigenvalue weighted by Crippen LogP contribution is 2.13. The van der Waals surface area contributed by atoms with Crippen LogP contribution in [0.2, 0.25) is 0 Å². The molecule has 1 N–H and O–H groups in total. The lowest BCUT2D eigenvalue weighted by molar-refractivity contribution is -0.122. The molecule has 132 valence electrons. The Bertz CT molecular complexity index is 937. The summed E-state index contributed by atoms with van der Waals surface area (Å²) in [7, 11) is 1.60. The minimum Gasteiger partial charge on any atom is -0.497 e. The number of pyridine rings is 1. The Hall–Kier alpha value is -3.48. The number of hydrogen-bond donors (Lipinski definition) is 1. The molecule has 0 aliphatic heterocycles. The molecule has 3 aromatic rings. The standard InChI is InChI=1S/C19H18N4O3/c1-26-16-4-2-14(3-5-16)12-21-18(24)13-23-19(25)7-6-17(22-23)15-8-10-20-11-9-15/h2-11H,12-13H2,1H3,(H,21,24). The van der Waals surface area contributed by atoms with E-state index in [1.165, 1.54) is 6.07 Å². The van der Waals surface area contributed by atoms with Crippen LogP contribution in [-0.4, -0.2) is 27.8 Å². The summed E-state index contributed by atoms with van der Waals surface area (Å²) in [5.74, 6) is 0.464. The Balaban J connectivity index is 1.66. The molecule has 0 bridgehead atoms. The number of aromatic nitrogens is 3. The molecule has 0 unspecified atom stereocenters. The highest BCUT2D eigenvalue weighted by atomic mass is 16.5. The molecule has 1 aromatic carbocycles. The lowest BCUT2D eigenvalue weighted by Crippen LogP contribution is -2.33. The number of methoxy groups -OCH3 is 1. The van der Waals surface area contributed by atoms with E-state index in [9.17, 15) is 9.59 Å². The number of nitrogens with one attached hydrogen (secondary N) is 1. The summed E-state index contributed by atoms with van der Waals surface area (Å²) in [5, 5.41) is 7.04. The van der Waals surface area contributed by atoms with Crippen LogP contribution in [0.5, 0.6) is 5.75 Å². The zero-order valence-corrected chi connectivity index (χ0v) is 14.3. The van der Waals surface area contributed by atoms with Crippen molar-refractivity contribution in [2.45, 2.75) is 13.1 Å². The van der Waals surface area contributed by atoms with Gasteiger partial charge in [-0.15, -0.1) is 0 Å². The van der Waals surface area contributed by atoms with E-state index < -0.39 is 0 Å². The maximum absolute atomic E-state index is 12.2. The Kier molecular flexibility index (Phi) is 5.38. The smallest absolute Gasteiger partial charge is 0.267 e. The minimum atomic E-state index is -0.331. The van der Waals surface area contributed by atoms with E-state index in [-0.39, 0.29) is 18.0 Å². The van der Waals surface area contributed by atoms with Crippen molar-refractivity contribution in [1.82, 2.24) is 20.1 Å². The van der Waals surface area contributed by atoms with Crippen LogP contribution in [-0.2, 0) is 17.9 Å². The fourth-order valence-corrected chi connectivity index (χ4v) is 2.37. The minimum absolute atomic E-state index is 0.145. The zero-order chi connectivity index (χ0) is 18.4. The molecule has 0 atom stereocenters. The first kappa shape index (κ1) is 17.3. The lowest BCUT2D eigenvalue weighted by atomic mass is 10.2. The van der Waals surface area contributed by atoms with Crippen molar-refractivity contribution in [3.8, 4) is 17.0 Å². The van der Waals surface area contributed by atoms with Gasteiger partial charge < -0.3 is 10.1 Å². The second-order valence-electron chi connectivity index (χ2n) is 5.58. The number of carbonyl (C=O) groups is 1. The number of amides is 1. The van der Waals surface area contributed by atoms with Gasteiger partial charge in [0.2, 0.25) is 5.91 Å². The molecule has 1 amide bonds. The van der Waals surface area contributed by atoms with Crippen LogP contribution in [0, 0.1) is 0 Å². The van der Waals surface area contributed by atoms with Gasteiger partial charge in [-0.05, 0) is 35.9 Å². The summed E-state index contributed by atoms with van der Waals surface area (Å²) in [6.07, 6.45) is 3.29. The highest BCUT2D eigenvalue weighted by molar-refractivity contribution is 5.75. The van der Waals surface area contributed by atoms with E-state index in [0.717, 1.165) is 21.6 Å². The molecule has 0 aliphatic rings. The Morgan fingerprint density at radius 1 is 1.08 bits per heavy atom. The van der Waals surface area contributed by atoms with E-state index in [1.54, 1.807) is 37.7 Å². The summed E-state index contributed by atoms with van der Waals surface area (Å²) < 4.78 is 6.25. The van der Waals surface area contributed by atoms with Gasteiger partial charge in [0.1, 0.15) is 12.3 Å². The average Bonchev–Trinajstić information content (AvgIpc) is 2.69. The fourth-order valence-electron chi connectivity index (χ4n) is 2.37. The number of benzene rings is 1. The second-order valence-corrected chi connectivity index (χ2v) is 5.58. The summed E-state index contributed by atoms with van der Waals surface area (Å²) in [4.78, 5) is 28.1. The zero-order valence-electron chi connectivity index (χ0n) is 14.3. The van der Waals surface area contributed by atoms with Gasteiger partial charge in [0, 0.05) is 30.6 Å². The van der Waals surface area contributed by atoms with Crippen molar-refractivity contribution in [3.05, 3.63) is 76.8 Å². The van der Waals surface area contributed by atoms with Crippen LogP contribution in [0.1, 0.15) is 5.56 Å². The molecular formula is C19H18N4O3. The highest BCUT2D eigenvalue weighted by Gasteiger charge is 2.08. The number of nitrogens with zero attached hydrogens (tertiary/aromatic N) is 3. The van der Waals surface area contributed by atoms with E-state index >= 15 is 0 Å². The lowest BCUT2D eigenvalue weighted by Gasteiger charge is -2.09. The number of rotatable bonds is 6. The molecule has 0 spiro atoms. The molecule has 0 aliphatic carbocycles. The topological polar surface area (TPSA) is 86.1 Å². The molecule has 7 heteroatoms. The molecule has 0 fully saturated rings. The normalized spacial score (nSPS) is 10.3. The Labute approximate surface area is 150 Å². The van der Waals surface area contributed by atoms with Gasteiger partial charge in [-0.2, -0.15) is 5.10 Å². The average molecular weight is 350 g/mol. The first-order chi connectivity index (χ1) is 12.7. The van der Waals surface area contributed by atoms with Gasteiger partial charge >= 0.3 is 0 Å². The first-order valence-electron chi connectivity index (χ1n) is 8.04. The number of hydrogen-bond acceptors (Lipinski definition) is 5. The SMILES string of the molecule is COc1ccc(CNC(=O)Cn2nc(-c3ccncc3)ccc2=O)cc1. The van der Waals surface area contributed by atoms with Crippen molar-refractivity contribution in [2.75, 3.05) is 7.11 Å². The molecule has 3 rings (SSSR count). The van der Waals surface area contributed by atoms with Gasteiger partial charge in [-0.25, -0.2) is 4.68 Å². The fraction of sp³-hybridized carbons (Fsp3) is 0.158. The maximum atomic E-state index is 12.2. The van der Waals surface area contributed by atoms with E-state index in [1.807, 2.05) is 24.3 Å². The number of carbonyl (C=O) groups excluding carboxylic acids is 1. The van der Waals surface area contributed by atoms with Crippen molar-refractivity contribution in [3.63, 3.8) is 0 Å². The molecule has 26 heavy (non-hydrogen) atoms. The van der Waals surface area contributed by atoms with Gasteiger partial charge in [0.25, 0.3) is 5.56 Å². The molecule has 0 saturated carbocycles.